The molecule has 1 aliphatic rings. The molecule has 0 radical (unpaired) electrons. The number of rotatable bonds is 4. The maximum atomic E-state index is 11.7. The van der Waals surface area contributed by atoms with Gasteiger partial charge in [-0.1, -0.05) is 18.2 Å². The van der Waals surface area contributed by atoms with E-state index in [-0.39, 0.29) is 22.6 Å². The number of hydrogen-bond donors (Lipinski definition) is 2. The second-order valence-electron chi connectivity index (χ2n) is 5.72. The topological polar surface area (TPSA) is 84.3 Å². The van der Waals surface area contributed by atoms with Crippen LogP contribution in [0.15, 0.2) is 36.4 Å². The summed E-state index contributed by atoms with van der Waals surface area (Å²) in [4.78, 5) is 22.4. The number of anilines is 1. The van der Waals surface area contributed by atoms with Gasteiger partial charge in [-0.15, -0.1) is 0 Å². The summed E-state index contributed by atoms with van der Waals surface area (Å²) in [6, 6.07) is 10.8. The van der Waals surface area contributed by atoms with Crippen molar-refractivity contribution in [1.82, 2.24) is 5.32 Å². The van der Waals surface area contributed by atoms with Crippen molar-refractivity contribution in [2.24, 2.45) is 0 Å². The summed E-state index contributed by atoms with van der Waals surface area (Å²) in [7, 11) is 0. The smallest absolute Gasteiger partial charge is 0.272 e. The minimum absolute atomic E-state index is 0.0673. The summed E-state index contributed by atoms with van der Waals surface area (Å²) in [5.74, 6) is -0.0673. The van der Waals surface area contributed by atoms with Crippen LogP contribution in [-0.4, -0.2) is 10.8 Å². The van der Waals surface area contributed by atoms with E-state index >= 15 is 0 Å². The van der Waals surface area contributed by atoms with Gasteiger partial charge in [0.1, 0.15) is 0 Å². The van der Waals surface area contributed by atoms with Gasteiger partial charge in [0.25, 0.3) is 11.6 Å². The molecule has 1 atom stereocenters. The van der Waals surface area contributed by atoms with Crippen LogP contribution in [-0.2, 0) is 6.54 Å². The molecule has 23 heavy (non-hydrogen) atoms. The van der Waals surface area contributed by atoms with Crippen LogP contribution in [0.25, 0.3) is 0 Å². The minimum atomic E-state index is -0.370. The largest absolute Gasteiger partial charge is 0.378 e. The van der Waals surface area contributed by atoms with Crippen LogP contribution in [0.5, 0.6) is 0 Å². The van der Waals surface area contributed by atoms with E-state index in [0.717, 1.165) is 16.8 Å². The zero-order chi connectivity index (χ0) is 16.6. The molecule has 0 saturated carbocycles. The lowest BCUT2D eigenvalue weighted by Crippen LogP contribution is -2.12. The van der Waals surface area contributed by atoms with Crippen molar-refractivity contribution >= 4 is 17.3 Å². The standard InChI is InChI=1S/C17H17N3O3/c1-10-3-4-12(7-16(10)20(22)23)11(2)19-14-6-5-13-9-18-17(21)15(13)8-14/h3-8,11,19H,9H2,1-2H3,(H,18,21)/t11-/m1/s1. The van der Waals surface area contributed by atoms with Crippen molar-refractivity contribution in [1.29, 1.82) is 0 Å². The SMILES string of the molecule is Cc1ccc([C@@H](C)Nc2ccc3c(c2)C(=O)NC3)cc1[N+](=O)[O-]. The van der Waals surface area contributed by atoms with E-state index in [0.29, 0.717) is 17.7 Å². The van der Waals surface area contributed by atoms with Crippen LogP contribution in [0.4, 0.5) is 11.4 Å². The number of carbonyl (C=O) groups is 1. The molecular weight excluding hydrogens is 294 g/mol. The summed E-state index contributed by atoms with van der Waals surface area (Å²) >= 11 is 0. The second kappa shape index (κ2) is 5.72. The quantitative estimate of drug-likeness (QED) is 0.670. The van der Waals surface area contributed by atoms with Crippen LogP contribution < -0.4 is 10.6 Å². The molecule has 0 spiro atoms. The lowest BCUT2D eigenvalue weighted by Gasteiger charge is -2.16. The van der Waals surface area contributed by atoms with E-state index in [4.69, 9.17) is 0 Å². The van der Waals surface area contributed by atoms with Crippen LogP contribution >= 0.6 is 0 Å². The van der Waals surface area contributed by atoms with Crippen molar-refractivity contribution in [3.8, 4) is 0 Å². The van der Waals surface area contributed by atoms with Gasteiger partial charge in [0.15, 0.2) is 0 Å². The highest BCUT2D eigenvalue weighted by Gasteiger charge is 2.19. The average Bonchev–Trinajstić information content (AvgIpc) is 2.88. The third kappa shape index (κ3) is 2.88. The summed E-state index contributed by atoms with van der Waals surface area (Å²) in [6.45, 7) is 4.22. The van der Waals surface area contributed by atoms with Gasteiger partial charge in [0, 0.05) is 35.5 Å². The molecule has 2 N–H and O–H groups in total. The Morgan fingerprint density at radius 2 is 2.04 bits per heavy atom. The molecule has 6 nitrogen and oxygen atoms in total. The number of nitrogens with one attached hydrogen (secondary N) is 2. The number of benzene rings is 2. The van der Waals surface area contributed by atoms with Crippen molar-refractivity contribution in [3.05, 3.63) is 68.8 Å². The van der Waals surface area contributed by atoms with E-state index in [1.807, 2.05) is 31.2 Å². The molecule has 1 amide bonds. The van der Waals surface area contributed by atoms with Crippen molar-refractivity contribution in [2.45, 2.75) is 26.4 Å². The van der Waals surface area contributed by atoms with Crippen molar-refractivity contribution in [3.63, 3.8) is 0 Å². The summed E-state index contributed by atoms with van der Waals surface area (Å²) in [5, 5.41) is 17.1. The molecular formula is C17H17N3O3. The molecule has 0 aromatic heterocycles. The van der Waals surface area contributed by atoms with Crippen LogP contribution in [0, 0.1) is 17.0 Å². The molecule has 1 aliphatic heterocycles. The monoisotopic (exact) mass is 311 g/mol. The van der Waals surface area contributed by atoms with Gasteiger partial charge in [-0.3, -0.25) is 14.9 Å². The molecule has 2 aromatic carbocycles. The van der Waals surface area contributed by atoms with Gasteiger partial charge >= 0.3 is 0 Å². The predicted molar refractivity (Wildman–Crippen MR) is 87.5 cm³/mol. The zero-order valence-corrected chi connectivity index (χ0v) is 12.9. The molecule has 2 aromatic rings. The second-order valence-corrected chi connectivity index (χ2v) is 5.72. The Morgan fingerprint density at radius 1 is 1.26 bits per heavy atom. The van der Waals surface area contributed by atoms with Crippen LogP contribution in [0.3, 0.4) is 0 Å². The zero-order valence-electron chi connectivity index (χ0n) is 12.9. The van der Waals surface area contributed by atoms with Crippen LogP contribution in [0.1, 0.15) is 40.0 Å². The van der Waals surface area contributed by atoms with Crippen molar-refractivity contribution in [2.75, 3.05) is 5.32 Å². The molecule has 6 heteroatoms. The Hall–Kier alpha value is -2.89. The highest BCUT2D eigenvalue weighted by Crippen LogP contribution is 2.27. The lowest BCUT2D eigenvalue weighted by molar-refractivity contribution is -0.385. The molecule has 118 valence electrons. The van der Waals surface area contributed by atoms with E-state index < -0.39 is 0 Å². The molecule has 0 aliphatic carbocycles. The van der Waals surface area contributed by atoms with E-state index in [2.05, 4.69) is 10.6 Å². The fourth-order valence-corrected chi connectivity index (χ4v) is 2.73. The first-order valence-electron chi connectivity index (χ1n) is 7.38. The molecule has 3 rings (SSSR count). The van der Waals surface area contributed by atoms with Gasteiger partial charge in [-0.25, -0.2) is 0 Å². The van der Waals surface area contributed by atoms with Gasteiger partial charge in [0.2, 0.25) is 0 Å². The number of nitro benzene ring substituents is 1. The number of amides is 1. The highest BCUT2D eigenvalue weighted by molar-refractivity contribution is 5.99. The first-order valence-corrected chi connectivity index (χ1v) is 7.38. The maximum Gasteiger partial charge on any atom is 0.272 e. The van der Waals surface area contributed by atoms with E-state index in [1.165, 1.54) is 0 Å². The van der Waals surface area contributed by atoms with Gasteiger partial charge in [-0.05, 0) is 37.1 Å². The number of aryl methyl sites for hydroxylation is 1. The van der Waals surface area contributed by atoms with Crippen molar-refractivity contribution < 1.29 is 9.72 Å². The normalized spacial score (nSPS) is 14.1. The number of nitro groups is 1. The molecule has 0 bridgehead atoms. The first-order chi connectivity index (χ1) is 11.0. The molecule has 1 heterocycles. The maximum absolute atomic E-state index is 11.7. The summed E-state index contributed by atoms with van der Waals surface area (Å²) in [5.41, 5.74) is 4.06. The third-order valence-electron chi connectivity index (χ3n) is 4.11. The fraction of sp³-hybridized carbons (Fsp3) is 0.235. The fourth-order valence-electron chi connectivity index (χ4n) is 2.73. The predicted octanol–water partition coefficient (Wildman–Crippen LogP) is 3.32. The van der Waals surface area contributed by atoms with E-state index in [1.54, 1.807) is 19.1 Å². The van der Waals surface area contributed by atoms with Gasteiger partial charge in [-0.2, -0.15) is 0 Å². The Balaban J connectivity index is 1.84. The van der Waals surface area contributed by atoms with Gasteiger partial charge < -0.3 is 10.6 Å². The van der Waals surface area contributed by atoms with E-state index in [9.17, 15) is 14.9 Å². The molecule has 0 fully saturated rings. The Morgan fingerprint density at radius 3 is 2.78 bits per heavy atom. The molecule has 0 unspecified atom stereocenters. The van der Waals surface area contributed by atoms with Gasteiger partial charge in [0.05, 0.1) is 4.92 Å². The van der Waals surface area contributed by atoms with Crippen LogP contribution in [0.2, 0.25) is 0 Å². The average molecular weight is 311 g/mol. The Bertz CT molecular complexity index is 802. The summed E-state index contributed by atoms with van der Waals surface area (Å²) < 4.78 is 0. The lowest BCUT2D eigenvalue weighted by atomic mass is 10.0. The summed E-state index contributed by atoms with van der Waals surface area (Å²) in [6.07, 6.45) is 0. The number of nitrogens with zero attached hydrogens (tertiary/aromatic N) is 1. The number of hydrogen-bond acceptors (Lipinski definition) is 4. The Kier molecular flexibility index (Phi) is 3.73. The molecule has 0 saturated heterocycles. The first kappa shape index (κ1) is 15.0. The Labute approximate surface area is 133 Å². The minimum Gasteiger partial charge on any atom is -0.378 e. The third-order valence-corrected chi connectivity index (χ3v) is 4.11. The number of carbonyl (C=O) groups excluding carboxylic acids is 1. The number of fused-ring (bicyclic) bond motifs is 1. The highest BCUT2D eigenvalue weighted by atomic mass is 16.6.